The van der Waals surface area contributed by atoms with Gasteiger partial charge in [0.1, 0.15) is 5.69 Å². The molecule has 1 heterocycles. The van der Waals surface area contributed by atoms with E-state index in [9.17, 15) is 13.2 Å². The van der Waals surface area contributed by atoms with Crippen molar-refractivity contribution in [3.8, 4) is 5.69 Å². The third-order valence-corrected chi connectivity index (χ3v) is 4.91. The van der Waals surface area contributed by atoms with Crippen molar-refractivity contribution in [1.82, 2.24) is 14.5 Å². The van der Waals surface area contributed by atoms with E-state index in [0.29, 0.717) is 17.7 Å². The molecule has 1 N–H and O–H groups in total. The number of nitrogens with one attached hydrogen (secondary N) is 1. The molecule has 1 aromatic carbocycles. The van der Waals surface area contributed by atoms with E-state index >= 15 is 0 Å². The van der Waals surface area contributed by atoms with Crippen LogP contribution in [0.2, 0.25) is 0 Å². The highest BCUT2D eigenvalue weighted by Crippen LogP contribution is 2.22. The molecule has 0 amide bonds. The van der Waals surface area contributed by atoms with Crippen LogP contribution < -0.4 is 4.72 Å². The Labute approximate surface area is 141 Å². The summed E-state index contributed by atoms with van der Waals surface area (Å²) in [6, 6.07) is 7.94. The summed E-state index contributed by atoms with van der Waals surface area (Å²) in [6.45, 7) is 2.78. The first-order valence-corrected chi connectivity index (χ1v) is 9.11. The van der Waals surface area contributed by atoms with Crippen LogP contribution in [0.15, 0.2) is 41.4 Å². The molecule has 0 atom stereocenters. The molecule has 2 aromatic rings. The number of hydrogen-bond donors (Lipinski definition) is 1. The molecule has 1 aliphatic carbocycles. The second-order valence-electron chi connectivity index (χ2n) is 5.25. The summed E-state index contributed by atoms with van der Waals surface area (Å²) in [5, 5.41) is 4.03. The summed E-state index contributed by atoms with van der Waals surface area (Å²) >= 11 is 0. The fraction of sp³-hybridized carbons (Fsp3) is 0.375. The third-order valence-electron chi connectivity index (χ3n) is 3.37. The van der Waals surface area contributed by atoms with Gasteiger partial charge >= 0.3 is 0 Å². The van der Waals surface area contributed by atoms with Crippen LogP contribution in [0, 0.1) is 0 Å². The highest BCUT2D eigenvalue weighted by Gasteiger charge is 2.27. The molecule has 0 unspecified atom stereocenters. The minimum absolute atomic E-state index is 0.0763. The molecule has 1 fully saturated rings. The van der Waals surface area contributed by atoms with E-state index in [2.05, 4.69) is 14.6 Å². The van der Waals surface area contributed by atoms with Gasteiger partial charge in [0.25, 0.3) is 0 Å². The van der Waals surface area contributed by atoms with E-state index in [1.165, 1.54) is 23.0 Å². The summed E-state index contributed by atoms with van der Waals surface area (Å²) in [7, 11) is -1.77. The fourth-order valence-electron chi connectivity index (χ4n) is 1.87. The maximum Gasteiger partial charge on any atom is 0.240 e. The molecule has 7 nitrogen and oxygen atoms in total. The van der Waals surface area contributed by atoms with Crippen molar-refractivity contribution < 1.29 is 17.9 Å². The Hall–Kier alpha value is -2.03. The largest absolute Gasteiger partial charge is 0.385 e. The number of aromatic nitrogens is 2. The summed E-state index contributed by atoms with van der Waals surface area (Å²) in [5.74, 6) is 0. The van der Waals surface area contributed by atoms with E-state index < -0.39 is 10.0 Å². The number of rotatable bonds is 6. The van der Waals surface area contributed by atoms with Gasteiger partial charge in [-0.3, -0.25) is 4.79 Å². The number of carbonyl (C=O) groups is 1. The van der Waals surface area contributed by atoms with Crippen molar-refractivity contribution in [2.75, 3.05) is 13.7 Å². The van der Waals surface area contributed by atoms with Crippen molar-refractivity contribution >= 4 is 16.3 Å². The number of ether oxygens (including phenoxy) is 1. The molecule has 3 rings (SSSR count). The molecule has 0 spiro atoms. The Balaban J connectivity index is 0.000000471. The van der Waals surface area contributed by atoms with Gasteiger partial charge in [0, 0.05) is 19.8 Å². The van der Waals surface area contributed by atoms with Crippen LogP contribution in [0.1, 0.15) is 30.3 Å². The van der Waals surface area contributed by atoms with Crippen LogP contribution in [0.5, 0.6) is 0 Å². The van der Waals surface area contributed by atoms with Crippen LogP contribution in [0.3, 0.4) is 0 Å². The first-order chi connectivity index (χ1) is 11.5. The second kappa shape index (κ2) is 8.18. The Bertz CT molecular complexity index is 763. The third kappa shape index (κ3) is 4.73. The first kappa shape index (κ1) is 18.3. The molecule has 130 valence electrons. The van der Waals surface area contributed by atoms with Crippen molar-refractivity contribution in [2.24, 2.45) is 0 Å². The van der Waals surface area contributed by atoms with Crippen LogP contribution in [-0.4, -0.2) is 44.2 Å². The minimum Gasteiger partial charge on any atom is -0.385 e. The van der Waals surface area contributed by atoms with Crippen LogP contribution in [0.25, 0.3) is 5.69 Å². The molecule has 8 heteroatoms. The molecule has 1 aromatic heterocycles. The molecule has 24 heavy (non-hydrogen) atoms. The van der Waals surface area contributed by atoms with Gasteiger partial charge in [0.2, 0.25) is 10.0 Å². The number of sulfonamides is 1. The smallest absolute Gasteiger partial charge is 0.240 e. The Kier molecular flexibility index (Phi) is 6.24. The van der Waals surface area contributed by atoms with Gasteiger partial charge in [-0.05, 0) is 50.1 Å². The van der Waals surface area contributed by atoms with Gasteiger partial charge < -0.3 is 4.74 Å². The van der Waals surface area contributed by atoms with Crippen molar-refractivity contribution in [2.45, 2.75) is 30.7 Å². The van der Waals surface area contributed by atoms with Gasteiger partial charge in [-0.15, -0.1) is 0 Å². The molecular formula is C16H21N3O4S. The lowest BCUT2D eigenvalue weighted by Gasteiger charge is -2.07. The molecular weight excluding hydrogens is 330 g/mol. The molecule has 1 aliphatic rings. The lowest BCUT2D eigenvalue weighted by molar-refractivity contribution is 0.111. The number of nitrogens with zero attached hydrogens (tertiary/aromatic N) is 2. The van der Waals surface area contributed by atoms with Crippen LogP contribution in [-0.2, 0) is 14.8 Å². The maximum absolute atomic E-state index is 12.0. The van der Waals surface area contributed by atoms with Gasteiger partial charge in [0.15, 0.2) is 6.29 Å². The summed E-state index contributed by atoms with van der Waals surface area (Å²) in [5.41, 5.74) is 1.05. The number of hydrogen-bond acceptors (Lipinski definition) is 5. The standard InChI is InChI=1S/C13H13N3O3S.C3H8O/c17-9-12-7-8-14-16(12)11-3-5-13(6-4-11)20(18,19)15-10-1-2-10;1-3-4-2/h3-10,15H,1-2H2;3H2,1-2H3. The number of carbonyl (C=O) groups excluding carboxylic acids is 1. The number of aldehydes is 1. The quantitative estimate of drug-likeness (QED) is 0.801. The van der Waals surface area contributed by atoms with Crippen molar-refractivity contribution in [3.63, 3.8) is 0 Å². The van der Waals surface area contributed by atoms with Gasteiger partial charge in [-0.2, -0.15) is 5.10 Å². The van der Waals surface area contributed by atoms with E-state index in [4.69, 9.17) is 0 Å². The summed E-state index contributed by atoms with van der Waals surface area (Å²) in [6.07, 6.45) is 4.01. The minimum atomic E-state index is -3.45. The number of benzene rings is 1. The van der Waals surface area contributed by atoms with E-state index in [1.807, 2.05) is 6.92 Å². The SMILES string of the molecule is CCOC.O=Cc1ccnn1-c1ccc(S(=O)(=O)NC2CC2)cc1. The first-order valence-electron chi connectivity index (χ1n) is 7.62. The predicted octanol–water partition coefficient (Wildman–Crippen LogP) is 1.78. The van der Waals surface area contributed by atoms with E-state index in [0.717, 1.165) is 19.4 Å². The van der Waals surface area contributed by atoms with Gasteiger partial charge in [-0.1, -0.05) is 0 Å². The number of methoxy groups -OCH3 is 1. The monoisotopic (exact) mass is 351 g/mol. The predicted molar refractivity (Wildman–Crippen MR) is 89.8 cm³/mol. The zero-order valence-corrected chi connectivity index (χ0v) is 14.5. The fourth-order valence-corrected chi connectivity index (χ4v) is 3.18. The summed E-state index contributed by atoms with van der Waals surface area (Å²) in [4.78, 5) is 11.1. The lowest BCUT2D eigenvalue weighted by atomic mass is 10.3. The zero-order chi connectivity index (χ0) is 17.6. The van der Waals surface area contributed by atoms with E-state index in [1.54, 1.807) is 25.3 Å². The average Bonchev–Trinajstić information content (AvgIpc) is 3.26. The normalized spacial score (nSPS) is 13.9. The Morgan fingerprint density at radius 3 is 2.42 bits per heavy atom. The summed E-state index contributed by atoms with van der Waals surface area (Å²) < 4.78 is 32.6. The highest BCUT2D eigenvalue weighted by molar-refractivity contribution is 7.89. The van der Waals surface area contributed by atoms with Crippen molar-refractivity contribution in [3.05, 3.63) is 42.2 Å². The Morgan fingerprint density at radius 2 is 1.92 bits per heavy atom. The zero-order valence-electron chi connectivity index (χ0n) is 13.7. The molecule has 0 bridgehead atoms. The highest BCUT2D eigenvalue weighted by atomic mass is 32.2. The maximum atomic E-state index is 12.0. The molecule has 1 saturated carbocycles. The van der Waals surface area contributed by atoms with E-state index in [-0.39, 0.29) is 10.9 Å². The van der Waals surface area contributed by atoms with Crippen molar-refractivity contribution in [1.29, 1.82) is 0 Å². The van der Waals surface area contributed by atoms with Crippen LogP contribution in [0.4, 0.5) is 0 Å². The molecule has 0 aliphatic heterocycles. The lowest BCUT2D eigenvalue weighted by Crippen LogP contribution is -2.25. The Morgan fingerprint density at radius 1 is 1.29 bits per heavy atom. The molecule has 0 saturated heterocycles. The van der Waals surface area contributed by atoms with Gasteiger partial charge in [0.05, 0.1) is 16.8 Å². The molecule has 0 radical (unpaired) electrons. The second-order valence-corrected chi connectivity index (χ2v) is 6.97. The topological polar surface area (TPSA) is 90.3 Å². The van der Waals surface area contributed by atoms with Gasteiger partial charge in [-0.25, -0.2) is 17.8 Å². The van der Waals surface area contributed by atoms with Crippen LogP contribution >= 0.6 is 0 Å². The average molecular weight is 351 g/mol.